The molecular formula is C11H20O5. The molecule has 0 fully saturated rings. The Hall–Kier alpha value is -1.39. The van der Waals surface area contributed by atoms with Gasteiger partial charge >= 0.3 is 11.9 Å². The van der Waals surface area contributed by atoms with Crippen LogP contribution in [0.15, 0.2) is 0 Å². The van der Waals surface area contributed by atoms with Crippen molar-refractivity contribution in [2.24, 2.45) is 5.41 Å². The quantitative estimate of drug-likeness (QED) is 0.707. The summed E-state index contributed by atoms with van der Waals surface area (Å²) in [5.74, 6) is -2.31. The van der Waals surface area contributed by atoms with Crippen molar-refractivity contribution in [3.05, 3.63) is 0 Å². The summed E-state index contributed by atoms with van der Waals surface area (Å²) < 4.78 is 0. The molecule has 0 bridgehead atoms. The molecule has 5 heteroatoms. The second-order valence-corrected chi connectivity index (χ2v) is 3.79. The molecule has 0 heterocycles. The first kappa shape index (κ1) is 17.0. The number of aliphatic carboxylic acids is 2. The summed E-state index contributed by atoms with van der Waals surface area (Å²) in [7, 11) is 0. The van der Waals surface area contributed by atoms with E-state index in [0.29, 0.717) is 5.78 Å². The minimum atomic E-state index is -1.31. The van der Waals surface area contributed by atoms with Gasteiger partial charge < -0.3 is 10.2 Å². The van der Waals surface area contributed by atoms with Crippen LogP contribution in [0.4, 0.5) is 0 Å². The Bertz CT molecular complexity index is 241. The molecule has 0 aliphatic carbocycles. The van der Waals surface area contributed by atoms with Crippen molar-refractivity contribution in [3.63, 3.8) is 0 Å². The van der Waals surface area contributed by atoms with Crippen LogP contribution in [0.1, 0.15) is 47.0 Å². The zero-order valence-electron chi connectivity index (χ0n) is 10.2. The van der Waals surface area contributed by atoms with Crippen molar-refractivity contribution < 1.29 is 24.6 Å². The topological polar surface area (TPSA) is 91.7 Å². The zero-order chi connectivity index (χ0) is 13.4. The number of hydrogen-bond acceptors (Lipinski definition) is 3. The molecule has 0 rings (SSSR count). The molecule has 0 saturated heterocycles. The molecule has 0 unspecified atom stereocenters. The first-order valence-electron chi connectivity index (χ1n) is 5.14. The van der Waals surface area contributed by atoms with Crippen LogP contribution in [0, 0.1) is 5.41 Å². The molecule has 0 aliphatic heterocycles. The van der Waals surface area contributed by atoms with Crippen LogP contribution in [0.3, 0.4) is 0 Å². The van der Waals surface area contributed by atoms with Gasteiger partial charge in [-0.3, -0.25) is 14.4 Å². The van der Waals surface area contributed by atoms with E-state index in [1.807, 2.05) is 6.92 Å². The highest BCUT2D eigenvalue weighted by Gasteiger charge is 2.24. The standard InChI is InChI=1S/C8H16O.C3H4O4/c1-5-8(4,6-2)7(3)9;4-2(5)1-3(6)7/h5-6H2,1-4H3;1H2,(H,4,5)(H,6,7). The first-order valence-corrected chi connectivity index (χ1v) is 5.14. The molecule has 0 amide bonds. The molecule has 0 atom stereocenters. The lowest BCUT2D eigenvalue weighted by Gasteiger charge is -2.22. The molecule has 0 aromatic rings. The number of carbonyl (C=O) groups is 3. The Kier molecular flexibility index (Phi) is 8.34. The summed E-state index contributed by atoms with van der Waals surface area (Å²) in [6.45, 7) is 7.82. The Morgan fingerprint density at radius 3 is 1.31 bits per heavy atom. The minimum absolute atomic E-state index is 0.0556. The maximum atomic E-state index is 10.9. The summed E-state index contributed by atoms with van der Waals surface area (Å²) in [5, 5.41) is 15.4. The number of carbonyl (C=O) groups excluding carboxylic acids is 1. The SMILES string of the molecule is CCC(C)(CC)C(C)=O.O=C(O)CC(=O)O. The second kappa shape index (κ2) is 7.84. The van der Waals surface area contributed by atoms with Gasteiger partial charge in [0.2, 0.25) is 0 Å². The average Bonchev–Trinajstić information content (AvgIpc) is 2.15. The second-order valence-electron chi connectivity index (χ2n) is 3.79. The first-order chi connectivity index (χ1) is 7.19. The number of carboxylic acids is 2. The predicted octanol–water partition coefficient (Wildman–Crippen LogP) is 1.95. The molecule has 16 heavy (non-hydrogen) atoms. The van der Waals surface area contributed by atoms with Crippen molar-refractivity contribution in [2.45, 2.75) is 47.0 Å². The van der Waals surface area contributed by atoms with E-state index in [2.05, 4.69) is 13.8 Å². The Balaban J connectivity index is 0. The van der Waals surface area contributed by atoms with Gasteiger partial charge in [0.05, 0.1) is 0 Å². The van der Waals surface area contributed by atoms with Crippen LogP contribution in [0.2, 0.25) is 0 Å². The van der Waals surface area contributed by atoms with E-state index in [1.54, 1.807) is 6.92 Å². The van der Waals surface area contributed by atoms with Gasteiger partial charge in [-0.05, 0) is 19.8 Å². The third kappa shape index (κ3) is 7.96. The number of hydrogen-bond donors (Lipinski definition) is 2. The van der Waals surface area contributed by atoms with Gasteiger partial charge in [-0.15, -0.1) is 0 Å². The minimum Gasteiger partial charge on any atom is -0.481 e. The molecule has 0 aromatic carbocycles. The van der Waals surface area contributed by atoms with E-state index in [9.17, 15) is 14.4 Å². The fourth-order valence-electron chi connectivity index (χ4n) is 0.877. The van der Waals surface area contributed by atoms with Crippen LogP contribution < -0.4 is 0 Å². The van der Waals surface area contributed by atoms with Gasteiger partial charge in [-0.1, -0.05) is 20.8 Å². The highest BCUT2D eigenvalue weighted by atomic mass is 16.4. The third-order valence-corrected chi connectivity index (χ3v) is 2.71. The molecule has 2 N–H and O–H groups in total. The van der Waals surface area contributed by atoms with E-state index in [4.69, 9.17) is 10.2 Å². The average molecular weight is 232 g/mol. The summed E-state index contributed by atoms with van der Waals surface area (Å²) in [6.07, 6.45) is 1.11. The lowest BCUT2D eigenvalue weighted by Crippen LogP contribution is -2.23. The zero-order valence-corrected chi connectivity index (χ0v) is 10.2. The lowest BCUT2D eigenvalue weighted by molar-refractivity contribution is -0.147. The smallest absolute Gasteiger partial charge is 0.314 e. The van der Waals surface area contributed by atoms with E-state index in [-0.39, 0.29) is 5.41 Å². The van der Waals surface area contributed by atoms with Gasteiger partial charge in [0.25, 0.3) is 0 Å². The van der Waals surface area contributed by atoms with Crippen LogP contribution >= 0.6 is 0 Å². The monoisotopic (exact) mass is 232 g/mol. The van der Waals surface area contributed by atoms with Crippen LogP contribution in [-0.4, -0.2) is 27.9 Å². The maximum Gasteiger partial charge on any atom is 0.314 e. The van der Waals surface area contributed by atoms with E-state index >= 15 is 0 Å². The summed E-state index contributed by atoms with van der Waals surface area (Å²) >= 11 is 0. The van der Waals surface area contributed by atoms with Crippen molar-refractivity contribution in [1.29, 1.82) is 0 Å². The third-order valence-electron chi connectivity index (χ3n) is 2.71. The van der Waals surface area contributed by atoms with Gasteiger partial charge in [-0.2, -0.15) is 0 Å². The van der Waals surface area contributed by atoms with E-state index in [0.717, 1.165) is 12.8 Å². The van der Waals surface area contributed by atoms with Crippen LogP contribution in [0.25, 0.3) is 0 Å². The predicted molar refractivity (Wildman–Crippen MR) is 59.3 cm³/mol. The van der Waals surface area contributed by atoms with Gasteiger partial charge in [0.15, 0.2) is 0 Å². The number of Topliss-reactive ketones (excluding diaryl/α,β-unsaturated/α-hetero) is 1. The normalized spacial score (nSPS) is 10.0. The van der Waals surface area contributed by atoms with Crippen LogP contribution in [-0.2, 0) is 14.4 Å². The Morgan fingerprint density at radius 2 is 1.31 bits per heavy atom. The number of rotatable bonds is 5. The van der Waals surface area contributed by atoms with Gasteiger partial charge in [0, 0.05) is 5.41 Å². The fraction of sp³-hybridized carbons (Fsp3) is 0.727. The largest absolute Gasteiger partial charge is 0.481 e. The molecule has 0 aliphatic rings. The molecule has 0 saturated carbocycles. The fourth-order valence-corrected chi connectivity index (χ4v) is 0.877. The molecular weight excluding hydrogens is 212 g/mol. The Labute approximate surface area is 95.5 Å². The highest BCUT2D eigenvalue weighted by molar-refractivity contribution is 5.88. The molecule has 0 spiro atoms. The van der Waals surface area contributed by atoms with Gasteiger partial charge in [0.1, 0.15) is 12.2 Å². The van der Waals surface area contributed by atoms with Crippen molar-refractivity contribution in [1.82, 2.24) is 0 Å². The lowest BCUT2D eigenvalue weighted by atomic mass is 9.81. The van der Waals surface area contributed by atoms with Gasteiger partial charge in [-0.25, -0.2) is 0 Å². The van der Waals surface area contributed by atoms with Crippen molar-refractivity contribution in [3.8, 4) is 0 Å². The Morgan fingerprint density at radius 1 is 1.00 bits per heavy atom. The summed E-state index contributed by atoms with van der Waals surface area (Å²) in [4.78, 5) is 29.8. The maximum absolute atomic E-state index is 10.9. The van der Waals surface area contributed by atoms with Crippen molar-refractivity contribution >= 4 is 17.7 Å². The summed E-state index contributed by atoms with van der Waals surface area (Å²) in [6, 6.07) is 0. The molecule has 5 nitrogen and oxygen atoms in total. The van der Waals surface area contributed by atoms with E-state index < -0.39 is 18.4 Å². The number of carboxylic acid groups (broad SMARTS) is 2. The summed E-state index contributed by atoms with van der Waals surface area (Å²) in [5.41, 5.74) is -0.0556. The number of ketones is 1. The molecule has 94 valence electrons. The van der Waals surface area contributed by atoms with Crippen LogP contribution in [0.5, 0.6) is 0 Å². The highest BCUT2D eigenvalue weighted by Crippen LogP contribution is 2.25. The molecule has 0 aromatic heterocycles. The van der Waals surface area contributed by atoms with Crippen molar-refractivity contribution in [2.75, 3.05) is 0 Å². The molecule has 0 radical (unpaired) electrons. The van der Waals surface area contributed by atoms with E-state index in [1.165, 1.54) is 0 Å².